The van der Waals surface area contributed by atoms with Crippen LogP contribution in [0.25, 0.3) is 0 Å². The standard InChI is InChI=1S/C19H20Cl2N2O3S/c1-13-5-7-15(12-16(13)19(24)23-9-3-2-4-10-23)27(25,26)22-18-11-14(20)6-8-17(18)21/h5-8,11-12,22H,2-4,9-10H2,1H3. The average molecular weight is 427 g/mol. The molecule has 0 aliphatic carbocycles. The van der Waals surface area contributed by atoms with Gasteiger partial charge in [-0.15, -0.1) is 0 Å². The summed E-state index contributed by atoms with van der Waals surface area (Å²) in [5, 5.41) is 0.599. The van der Waals surface area contributed by atoms with Gasteiger partial charge < -0.3 is 4.90 Å². The molecule has 0 spiro atoms. The maximum absolute atomic E-state index is 12.8. The van der Waals surface area contributed by atoms with Gasteiger partial charge in [0.2, 0.25) is 0 Å². The molecule has 2 aromatic carbocycles. The summed E-state index contributed by atoms with van der Waals surface area (Å²) in [7, 11) is -3.92. The van der Waals surface area contributed by atoms with Crippen molar-refractivity contribution in [2.24, 2.45) is 0 Å². The van der Waals surface area contributed by atoms with Crippen molar-refractivity contribution in [2.75, 3.05) is 17.8 Å². The van der Waals surface area contributed by atoms with Gasteiger partial charge in [0.25, 0.3) is 15.9 Å². The molecule has 5 nitrogen and oxygen atoms in total. The van der Waals surface area contributed by atoms with Crippen LogP contribution < -0.4 is 4.72 Å². The number of halogens is 2. The molecule has 1 amide bonds. The second kappa shape index (κ2) is 8.09. The molecule has 0 unspecified atom stereocenters. The van der Waals surface area contributed by atoms with Gasteiger partial charge >= 0.3 is 0 Å². The molecule has 3 rings (SSSR count). The number of rotatable bonds is 4. The van der Waals surface area contributed by atoms with E-state index in [1.165, 1.54) is 24.3 Å². The lowest BCUT2D eigenvalue weighted by molar-refractivity contribution is 0.0723. The Morgan fingerprint density at radius 3 is 2.44 bits per heavy atom. The molecular formula is C19H20Cl2N2O3S. The van der Waals surface area contributed by atoms with Crippen LogP contribution in [0, 0.1) is 6.92 Å². The van der Waals surface area contributed by atoms with E-state index < -0.39 is 10.0 Å². The first kappa shape index (κ1) is 20.0. The highest BCUT2D eigenvalue weighted by Gasteiger charge is 2.23. The van der Waals surface area contributed by atoms with Crippen molar-refractivity contribution in [2.45, 2.75) is 31.1 Å². The second-order valence-corrected chi connectivity index (χ2v) is 9.09. The Morgan fingerprint density at radius 2 is 1.74 bits per heavy atom. The van der Waals surface area contributed by atoms with E-state index in [9.17, 15) is 13.2 Å². The van der Waals surface area contributed by atoms with Crippen molar-refractivity contribution in [3.8, 4) is 0 Å². The van der Waals surface area contributed by atoms with Crippen molar-refractivity contribution < 1.29 is 13.2 Å². The molecule has 27 heavy (non-hydrogen) atoms. The van der Waals surface area contributed by atoms with Gasteiger partial charge in [0, 0.05) is 23.7 Å². The normalized spacial score (nSPS) is 14.9. The number of nitrogens with one attached hydrogen (secondary N) is 1. The van der Waals surface area contributed by atoms with Crippen molar-refractivity contribution in [3.05, 3.63) is 57.6 Å². The summed E-state index contributed by atoms with van der Waals surface area (Å²) in [4.78, 5) is 14.6. The van der Waals surface area contributed by atoms with Crippen LogP contribution in [0.1, 0.15) is 35.2 Å². The number of aryl methyl sites for hydroxylation is 1. The Hall–Kier alpha value is -1.76. The molecule has 8 heteroatoms. The molecule has 1 aliphatic rings. The smallest absolute Gasteiger partial charge is 0.261 e. The van der Waals surface area contributed by atoms with Gasteiger partial charge in [0.1, 0.15) is 0 Å². The van der Waals surface area contributed by atoms with E-state index in [2.05, 4.69) is 4.72 Å². The van der Waals surface area contributed by atoms with Gasteiger partial charge in [-0.2, -0.15) is 0 Å². The highest BCUT2D eigenvalue weighted by molar-refractivity contribution is 7.92. The van der Waals surface area contributed by atoms with Crippen molar-refractivity contribution in [1.82, 2.24) is 4.90 Å². The predicted octanol–water partition coefficient (Wildman–Crippen LogP) is 4.73. The minimum atomic E-state index is -3.92. The van der Waals surface area contributed by atoms with Gasteiger partial charge in [-0.25, -0.2) is 8.42 Å². The number of carbonyl (C=O) groups is 1. The molecule has 0 atom stereocenters. The lowest BCUT2D eigenvalue weighted by Crippen LogP contribution is -2.36. The zero-order valence-electron chi connectivity index (χ0n) is 14.8. The number of hydrogen-bond donors (Lipinski definition) is 1. The van der Waals surface area contributed by atoms with Crippen LogP contribution in [0.5, 0.6) is 0 Å². The Morgan fingerprint density at radius 1 is 1.04 bits per heavy atom. The fraction of sp³-hybridized carbons (Fsp3) is 0.316. The number of hydrogen-bond acceptors (Lipinski definition) is 3. The fourth-order valence-electron chi connectivity index (χ4n) is 3.05. The topological polar surface area (TPSA) is 66.5 Å². The number of amides is 1. The molecule has 1 fully saturated rings. The summed E-state index contributed by atoms with van der Waals surface area (Å²) in [5.41, 5.74) is 1.33. The van der Waals surface area contributed by atoms with E-state index in [0.29, 0.717) is 23.7 Å². The third-order valence-corrected chi connectivity index (χ3v) is 6.49. The summed E-state index contributed by atoms with van der Waals surface area (Å²) >= 11 is 12.0. The molecule has 2 aromatic rings. The maximum Gasteiger partial charge on any atom is 0.261 e. The molecule has 1 saturated heterocycles. The zero-order chi connectivity index (χ0) is 19.6. The quantitative estimate of drug-likeness (QED) is 0.767. The van der Waals surface area contributed by atoms with Crippen molar-refractivity contribution in [1.29, 1.82) is 0 Å². The highest BCUT2D eigenvalue weighted by Crippen LogP contribution is 2.28. The third-order valence-electron chi connectivity index (χ3n) is 4.57. The van der Waals surface area contributed by atoms with Gasteiger partial charge in [-0.1, -0.05) is 29.3 Å². The van der Waals surface area contributed by atoms with Crippen molar-refractivity contribution in [3.63, 3.8) is 0 Å². The number of likely N-dealkylation sites (tertiary alicyclic amines) is 1. The molecule has 0 radical (unpaired) electrons. The Bertz CT molecular complexity index is 971. The molecule has 1 aliphatic heterocycles. The Balaban J connectivity index is 1.92. The number of sulfonamides is 1. The van der Waals surface area contributed by atoms with Crippen LogP contribution in [0.3, 0.4) is 0 Å². The van der Waals surface area contributed by atoms with Gasteiger partial charge in [-0.3, -0.25) is 9.52 Å². The summed E-state index contributed by atoms with van der Waals surface area (Å²) in [5.74, 6) is -0.134. The zero-order valence-corrected chi connectivity index (χ0v) is 17.2. The number of nitrogens with zero attached hydrogens (tertiary/aromatic N) is 1. The van der Waals surface area contributed by atoms with Crippen LogP contribution in [0.15, 0.2) is 41.3 Å². The SMILES string of the molecule is Cc1ccc(S(=O)(=O)Nc2cc(Cl)ccc2Cl)cc1C(=O)N1CCCCC1. The van der Waals surface area contributed by atoms with E-state index in [0.717, 1.165) is 24.8 Å². The first-order valence-electron chi connectivity index (χ1n) is 8.66. The number of piperidine rings is 1. The second-order valence-electron chi connectivity index (χ2n) is 6.56. The number of carbonyl (C=O) groups excluding carboxylic acids is 1. The third kappa shape index (κ3) is 4.57. The van der Waals surface area contributed by atoms with Gasteiger partial charge in [0.05, 0.1) is 15.6 Å². The molecular weight excluding hydrogens is 407 g/mol. The monoisotopic (exact) mass is 426 g/mol. The van der Waals surface area contributed by atoms with E-state index >= 15 is 0 Å². The Labute approximate surface area is 169 Å². The molecule has 0 aromatic heterocycles. The minimum absolute atomic E-state index is 0.00417. The lowest BCUT2D eigenvalue weighted by atomic mass is 10.1. The van der Waals surface area contributed by atoms with E-state index in [1.807, 2.05) is 0 Å². The van der Waals surface area contributed by atoms with Crippen LogP contribution in [-0.4, -0.2) is 32.3 Å². The molecule has 0 bridgehead atoms. The van der Waals surface area contributed by atoms with Crippen LogP contribution in [0.2, 0.25) is 10.0 Å². The predicted molar refractivity (Wildman–Crippen MR) is 108 cm³/mol. The van der Waals surface area contributed by atoms with Crippen molar-refractivity contribution >= 4 is 44.8 Å². The Kier molecular flexibility index (Phi) is 5.99. The van der Waals surface area contributed by atoms with Crippen LogP contribution >= 0.6 is 23.2 Å². The molecule has 144 valence electrons. The van der Waals surface area contributed by atoms with E-state index in [1.54, 1.807) is 24.0 Å². The molecule has 1 N–H and O–H groups in total. The molecule has 0 saturated carbocycles. The minimum Gasteiger partial charge on any atom is -0.339 e. The van der Waals surface area contributed by atoms with E-state index in [4.69, 9.17) is 23.2 Å². The largest absolute Gasteiger partial charge is 0.339 e. The summed E-state index contributed by atoms with van der Waals surface area (Å²) in [6, 6.07) is 9.07. The first-order valence-corrected chi connectivity index (χ1v) is 10.9. The lowest BCUT2D eigenvalue weighted by Gasteiger charge is -2.27. The number of benzene rings is 2. The fourth-order valence-corrected chi connectivity index (χ4v) is 4.53. The summed E-state index contributed by atoms with van der Waals surface area (Å²) in [6.45, 7) is 3.20. The summed E-state index contributed by atoms with van der Waals surface area (Å²) in [6.07, 6.45) is 3.05. The van der Waals surface area contributed by atoms with Gasteiger partial charge in [0.15, 0.2) is 0 Å². The average Bonchev–Trinajstić information content (AvgIpc) is 2.65. The van der Waals surface area contributed by atoms with Gasteiger partial charge in [-0.05, 0) is 62.1 Å². The number of anilines is 1. The maximum atomic E-state index is 12.8. The van der Waals surface area contributed by atoms with Crippen LogP contribution in [0.4, 0.5) is 5.69 Å². The highest BCUT2D eigenvalue weighted by atomic mass is 35.5. The van der Waals surface area contributed by atoms with Crippen LogP contribution in [-0.2, 0) is 10.0 Å². The summed E-state index contributed by atoms with van der Waals surface area (Å²) < 4.78 is 28.0. The van der Waals surface area contributed by atoms with E-state index in [-0.39, 0.29) is 21.5 Å². The first-order chi connectivity index (χ1) is 12.8. The molecule has 1 heterocycles.